The molecule has 3 aromatic rings. The SMILES string of the molecule is CSc1ncc(C(=O)NCc2ccccn2)c(OCc2ccc(C)c(Cl)c2)n1. The Balaban J connectivity index is 1.75. The van der Waals surface area contributed by atoms with Crippen LogP contribution in [0.15, 0.2) is 53.9 Å². The molecular formula is C20H19ClN4O2S. The van der Waals surface area contributed by atoms with Gasteiger partial charge < -0.3 is 10.1 Å². The van der Waals surface area contributed by atoms with Crippen molar-refractivity contribution in [1.82, 2.24) is 20.3 Å². The molecule has 2 aromatic heterocycles. The second kappa shape index (κ2) is 9.52. The van der Waals surface area contributed by atoms with Gasteiger partial charge >= 0.3 is 0 Å². The van der Waals surface area contributed by atoms with Crippen LogP contribution in [0.25, 0.3) is 0 Å². The van der Waals surface area contributed by atoms with Gasteiger partial charge in [-0.25, -0.2) is 4.98 Å². The molecule has 0 saturated heterocycles. The topological polar surface area (TPSA) is 77.0 Å². The maximum Gasteiger partial charge on any atom is 0.258 e. The number of thioether (sulfide) groups is 1. The van der Waals surface area contributed by atoms with Gasteiger partial charge in [0, 0.05) is 17.4 Å². The number of carbonyl (C=O) groups excluding carboxylic acids is 1. The second-order valence-corrected chi connectivity index (χ2v) is 7.13. The van der Waals surface area contributed by atoms with Gasteiger partial charge in [-0.05, 0) is 42.5 Å². The number of hydrogen-bond acceptors (Lipinski definition) is 6. The van der Waals surface area contributed by atoms with Gasteiger partial charge in [0.05, 0.1) is 12.2 Å². The summed E-state index contributed by atoms with van der Waals surface area (Å²) in [7, 11) is 0. The van der Waals surface area contributed by atoms with Crippen molar-refractivity contribution in [3.63, 3.8) is 0 Å². The van der Waals surface area contributed by atoms with Crippen molar-refractivity contribution < 1.29 is 9.53 Å². The molecular weight excluding hydrogens is 396 g/mol. The minimum absolute atomic E-state index is 0.231. The van der Waals surface area contributed by atoms with E-state index in [4.69, 9.17) is 16.3 Å². The molecule has 0 atom stereocenters. The molecule has 1 N–H and O–H groups in total. The summed E-state index contributed by atoms with van der Waals surface area (Å²) in [5.74, 6) is -0.0928. The quantitative estimate of drug-likeness (QED) is 0.464. The Bertz CT molecular complexity index is 970. The van der Waals surface area contributed by atoms with Gasteiger partial charge in [0.15, 0.2) is 5.16 Å². The molecule has 6 nitrogen and oxygen atoms in total. The molecule has 1 amide bonds. The molecule has 0 unspecified atom stereocenters. The van der Waals surface area contributed by atoms with E-state index in [0.29, 0.717) is 16.7 Å². The lowest BCUT2D eigenvalue weighted by Crippen LogP contribution is -2.24. The summed E-state index contributed by atoms with van der Waals surface area (Å²) in [6, 6.07) is 11.2. The second-order valence-electron chi connectivity index (χ2n) is 5.95. The molecule has 0 aliphatic carbocycles. The van der Waals surface area contributed by atoms with Gasteiger partial charge in [-0.2, -0.15) is 4.98 Å². The lowest BCUT2D eigenvalue weighted by atomic mass is 10.2. The van der Waals surface area contributed by atoms with Crippen molar-refractivity contribution in [1.29, 1.82) is 0 Å². The molecule has 0 aliphatic heterocycles. The lowest BCUT2D eigenvalue weighted by molar-refractivity contribution is 0.0944. The molecule has 3 rings (SSSR count). The van der Waals surface area contributed by atoms with Crippen molar-refractivity contribution in [2.24, 2.45) is 0 Å². The number of hydrogen-bond donors (Lipinski definition) is 1. The maximum atomic E-state index is 12.6. The minimum Gasteiger partial charge on any atom is -0.472 e. The molecule has 0 spiro atoms. The zero-order valence-electron chi connectivity index (χ0n) is 15.5. The van der Waals surface area contributed by atoms with Crippen LogP contribution < -0.4 is 10.1 Å². The zero-order valence-corrected chi connectivity index (χ0v) is 17.0. The Morgan fingerprint density at radius 2 is 2.11 bits per heavy atom. The molecule has 0 fully saturated rings. The summed E-state index contributed by atoms with van der Waals surface area (Å²) in [6.07, 6.45) is 5.02. The number of rotatable bonds is 7. The first-order valence-electron chi connectivity index (χ1n) is 8.54. The van der Waals surface area contributed by atoms with E-state index < -0.39 is 0 Å². The lowest BCUT2D eigenvalue weighted by Gasteiger charge is -2.12. The van der Waals surface area contributed by atoms with Gasteiger partial charge in [0.2, 0.25) is 5.88 Å². The minimum atomic E-state index is -0.324. The molecule has 0 aliphatic rings. The summed E-state index contributed by atoms with van der Waals surface area (Å²) < 4.78 is 5.83. The summed E-state index contributed by atoms with van der Waals surface area (Å²) in [5.41, 5.74) is 2.91. The summed E-state index contributed by atoms with van der Waals surface area (Å²) in [5, 5.41) is 4.01. The molecule has 0 radical (unpaired) electrons. The van der Waals surface area contributed by atoms with Crippen LogP contribution in [0.4, 0.5) is 0 Å². The third kappa shape index (κ3) is 5.21. The monoisotopic (exact) mass is 414 g/mol. The maximum absolute atomic E-state index is 12.6. The van der Waals surface area contributed by atoms with Crippen molar-refractivity contribution >= 4 is 29.3 Å². The van der Waals surface area contributed by atoms with Crippen LogP contribution >= 0.6 is 23.4 Å². The third-order valence-electron chi connectivity index (χ3n) is 3.93. The molecule has 0 saturated carbocycles. The Labute approximate surface area is 172 Å². The Hall–Kier alpha value is -2.64. The van der Waals surface area contributed by atoms with E-state index in [0.717, 1.165) is 16.8 Å². The van der Waals surface area contributed by atoms with Crippen LogP contribution in [0.3, 0.4) is 0 Å². The first-order valence-corrected chi connectivity index (χ1v) is 10.1. The van der Waals surface area contributed by atoms with E-state index in [1.807, 2.05) is 49.6 Å². The van der Waals surface area contributed by atoms with Crippen LogP contribution in [-0.2, 0) is 13.2 Å². The smallest absolute Gasteiger partial charge is 0.258 e. The molecule has 144 valence electrons. The zero-order chi connectivity index (χ0) is 19.9. The first-order chi connectivity index (χ1) is 13.6. The van der Waals surface area contributed by atoms with Crippen molar-refractivity contribution in [3.05, 3.63) is 76.2 Å². The number of aryl methyl sites for hydroxylation is 1. The highest BCUT2D eigenvalue weighted by Crippen LogP contribution is 2.22. The molecule has 28 heavy (non-hydrogen) atoms. The number of pyridine rings is 1. The highest BCUT2D eigenvalue weighted by Gasteiger charge is 2.16. The van der Waals surface area contributed by atoms with Crippen LogP contribution in [0.5, 0.6) is 5.88 Å². The van der Waals surface area contributed by atoms with E-state index >= 15 is 0 Å². The summed E-state index contributed by atoms with van der Waals surface area (Å²) in [6.45, 7) is 2.48. The Kier molecular flexibility index (Phi) is 6.84. The molecule has 0 bridgehead atoms. The number of nitrogens with one attached hydrogen (secondary N) is 1. The van der Waals surface area contributed by atoms with Gasteiger partial charge in [-0.1, -0.05) is 41.6 Å². The predicted octanol–water partition coefficient (Wildman–Crippen LogP) is 4.06. The highest BCUT2D eigenvalue weighted by atomic mass is 35.5. The van der Waals surface area contributed by atoms with E-state index in [-0.39, 0.29) is 24.0 Å². The van der Waals surface area contributed by atoms with Crippen molar-refractivity contribution in [3.8, 4) is 5.88 Å². The Morgan fingerprint density at radius 3 is 2.82 bits per heavy atom. The third-order valence-corrected chi connectivity index (χ3v) is 4.90. The van der Waals surface area contributed by atoms with Crippen molar-refractivity contribution in [2.45, 2.75) is 25.2 Å². The van der Waals surface area contributed by atoms with E-state index in [2.05, 4.69) is 20.3 Å². The summed E-state index contributed by atoms with van der Waals surface area (Å²) in [4.78, 5) is 25.3. The normalized spacial score (nSPS) is 10.5. The van der Waals surface area contributed by atoms with Crippen LogP contribution in [0.2, 0.25) is 5.02 Å². The average Bonchev–Trinajstić information content (AvgIpc) is 2.73. The number of benzene rings is 1. The first kappa shape index (κ1) is 20.1. The standard InChI is InChI=1S/C20H19ClN4O2S/c1-13-6-7-14(9-17(13)21)12-27-19-16(11-24-20(25-19)28-2)18(26)23-10-15-5-3-4-8-22-15/h3-9,11H,10,12H2,1-2H3,(H,23,26). The Morgan fingerprint density at radius 1 is 1.25 bits per heavy atom. The molecule has 8 heteroatoms. The average molecular weight is 415 g/mol. The number of halogens is 1. The fourth-order valence-electron chi connectivity index (χ4n) is 2.36. The van der Waals surface area contributed by atoms with Crippen molar-refractivity contribution in [2.75, 3.05) is 6.26 Å². The van der Waals surface area contributed by atoms with Crippen LogP contribution in [0, 0.1) is 6.92 Å². The fraction of sp³-hybridized carbons (Fsp3) is 0.200. The van der Waals surface area contributed by atoms with Gasteiger partial charge in [-0.3, -0.25) is 9.78 Å². The number of nitrogens with zero attached hydrogens (tertiary/aromatic N) is 3. The fourth-order valence-corrected chi connectivity index (χ4v) is 2.90. The van der Waals surface area contributed by atoms with Crippen LogP contribution in [0.1, 0.15) is 27.2 Å². The summed E-state index contributed by atoms with van der Waals surface area (Å²) >= 11 is 7.54. The van der Waals surface area contributed by atoms with Gasteiger partial charge in [0.1, 0.15) is 12.2 Å². The number of ether oxygens (including phenoxy) is 1. The number of aromatic nitrogens is 3. The highest BCUT2D eigenvalue weighted by molar-refractivity contribution is 7.98. The molecule has 2 heterocycles. The van der Waals surface area contributed by atoms with Gasteiger partial charge in [-0.15, -0.1) is 0 Å². The predicted molar refractivity (Wildman–Crippen MR) is 110 cm³/mol. The van der Waals surface area contributed by atoms with Gasteiger partial charge in [0.25, 0.3) is 5.91 Å². The van der Waals surface area contributed by atoms with E-state index in [9.17, 15) is 4.79 Å². The largest absolute Gasteiger partial charge is 0.472 e. The molecule has 1 aromatic carbocycles. The van der Waals surface area contributed by atoms with E-state index in [1.54, 1.807) is 6.20 Å². The van der Waals surface area contributed by atoms with Crippen LogP contribution in [-0.4, -0.2) is 27.1 Å². The number of amides is 1. The van der Waals surface area contributed by atoms with E-state index in [1.165, 1.54) is 18.0 Å². The number of carbonyl (C=O) groups is 1.